The summed E-state index contributed by atoms with van der Waals surface area (Å²) in [7, 11) is 0. The van der Waals surface area contributed by atoms with Crippen molar-refractivity contribution >= 4 is 17.3 Å². The quantitative estimate of drug-likeness (QED) is 0.549. The molecule has 1 nitrogen and oxygen atoms in total. The van der Waals surface area contributed by atoms with Crippen molar-refractivity contribution in [1.29, 1.82) is 0 Å². The van der Waals surface area contributed by atoms with Crippen LogP contribution in [0.5, 0.6) is 0 Å². The van der Waals surface area contributed by atoms with Crippen LogP contribution in [0.2, 0.25) is 5.02 Å². The molecule has 2 aliphatic rings. The average Bonchev–Trinajstić information content (AvgIpc) is 2.79. The molecule has 4 rings (SSSR count). The van der Waals surface area contributed by atoms with Crippen molar-refractivity contribution in [3.8, 4) is 0 Å². The van der Waals surface area contributed by atoms with E-state index in [0.29, 0.717) is 6.04 Å². The van der Waals surface area contributed by atoms with Crippen LogP contribution in [0.4, 0.5) is 5.69 Å². The van der Waals surface area contributed by atoms with Gasteiger partial charge in [0.1, 0.15) is 0 Å². The predicted octanol–water partition coefficient (Wildman–Crippen LogP) is 7.11. The van der Waals surface area contributed by atoms with Gasteiger partial charge < -0.3 is 4.90 Å². The van der Waals surface area contributed by atoms with Crippen LogP contribution in [0.3, 0.4) is 0 Å². The molecule has 0 amide bonds. The van der Waals surface area contributed by atoms with Gasteiger partial charge in [0.25, 0.3) is 0 Å². The predicted molar refractivity (Wildman–Crippen MR) is 112 cm³/mol. The van der Waals surface area contributed by atoms with Crippen molar-refractivity contribution in [2.24, 2.45) is 0 Å². The molecule has 0 aromatic heterocycles. The molecular weight excluding hydrogens is 338 g/mol. The van der Waals surface area contributed by atoms with Crippen molar-refractivity contribution in [2.45, 2.75) is 51.6 Å². The second kappa shape index (κ2) is 7.32. The smallest absolute Gasteiger partial charge is 0.0805 e. The lowest BCUT2D eigenvalue weighted by molar-refractivity contribution is 0.601. The van der Waals surface area contributed by atoms with E-state index in [2.05, 4.69) is 67.3 Å². The number of rotatable bonds is 2. The van der Waals surface area contributed by atoms with Crippen molar-refractivity contribution in [1.82, 2.24) is 0 Å². The molecule has 1 heterocycles. The van der Waals surface area contributed by atoms with Gasteiger partial charge >= 0.3 is 0 Å². The van der Waals surface area contributed by atoms with E-state index in [1.165, 1.54) is 48.1 Å². The van der Waals surface area contributed by atoms with E-state index in [0.717, 1.165) is 5.02 Å². The molecule has 0 N–H and O–H groups in total. The highest BCUT2D eigenvalue weighted by Crippen LogP contribution is 2.50. The first-order chi connectivity index (χ1) is 12.7. The number of allylic oxidation sites excluding steroid dienone is 2. The summed E-state index contributed by atoms with van der Waals surface area (Å²) in [6.07, 6.45) is 7.51. The normalized spacial score (nSPS) is 22.7. The van der Waals surface area contributed by atoms with E-state index >= 15 is 0 Å². The summed E-state index contributed by atoms with van der Waals surface area (Å²) in [5.41, 5.74) is 7.10. The van der Waals surface area contributed by atoms with Gasteiger partial charge in [-0.15, -0.1) is 0 Å². The molecule has 2 atom stereocenters. The lowest BCUT2D eigenvalue weighted by atomic mass is 9.91. The standard InChI is InChI=1S/C24H26ClN/c1-17(2)23-21-11-7-4-8-12-22(21)26(20-9-5-3-6-10-20)24(23)18-13-15-19(25)16-14-18/h3,5-6,9-11,13-16,22,24H,4,7-8,12H2,1-2H3. The van der Waals surface area contributed by atoms with Gasteiger partial charge in [-0.1, -0.05) is 60.0 Å². The van der Waals surface area contributed by atoms with Crippen LogP contribution in [0, 0.1) is 0 Å². The largest absolute Gasteiger partial charge is 0.353 e. The molecular formula is C24H26ClN. The Bertz CT molecular complexity index is 828. The second-order valence-corrected chi connectivity index (χ2v) is 8.01. The van der Waals surface area contributed by atoms with Gasteiger partial charge in [-0.25, -0.2) is 0 Å². The summed E-state index contributed by atoms with van der Waals surface area (Å²) in [6, 6.07) is 20.0. The highest BCUT2D eigenvalue weighted by Gasteiger charge is 2.42. The molecule has 0 saturated carbocycles. The molecule has 1 fully saturated rings. The Morgan fingerprint density at radius 3 is 2.38 bits per heavy atom. The molecule has 0 spiro atoms. The summed E-state index contributed by atoms with van der Waals surface area (Å²) in [5.74, 6) is 0. The van der Waals surface area contributed by atoms with E-state index in [1.807, 2.05) is 12.1 Å². The van der Waals surface area contributed by atoms with E-state index in [-0.39, 0.29) is 6.04 Å². The summed E-state index contributed by atoms with van der Waals surface area (Å²) >= 11 is 6.18. The molecule has 2 unspecified atom stereocenters. The monoisotopic (exact) mass is 363 g/mol. The Labute approximate surface area is 162 Å². The van der Waals surface area contributed by atoms with Crippen LogP contribution in [0.1, 0.15) is 51.1 Å². The fourth-order valence-electron chi connectivity index (χ4n) is 4.55. The molecule has 2 aromatic carbocycles. The van der Waals surface area contributed by atoms with Gasteiger partial charge in [-0.3, -0.25) is 0 Å². The third-order valence-corrected chi connectivity index (χ3v) is 5.88. The third kappa shape index (κ3) is 3.10. The summed E-state index contributed by atoms with van der Waals surface area (Å²) in [5, 5.41) is 0.796. The zero-order valence-electron chi connectivity index (χ0n) is 15.6. The first-order valence-electron chi connectivity index (χ1n) is 9.63. The fraction of sp³-hybridized carbons (Fsp3) is 0.333. The van der Waals surface area contributed by atoms with Gasteiger partial charge in [0, 0.05) is 10.7 Å². The van der Waals surface area contributed by atoms with Gasteiger partial charge in [-0.05, 0) is 74.1 Å². The van der Waals surface area contributed by atoms with Crippen molar-refractivity contribution in [2.75, 3.05) is 4.90 Å². The highest BCUT2D eigenvalue weighted by atomic mass is 35.5. The Morgan fingerprint density at radius 1 is 0.962 bits per heavy atom. The molecule has 1 saturated heterocycles. The van der Waals surface area contributed by atoms with E-state index < -0.39 is 0 Å². The average molecular weight is 364 g/mol. The first kappa shape index (κ1) is 17.4. The maximum absolute atomic E-state index is 6.18. The maximum Gasteiger partial charge on any atom is 0.0805 e. The van der Waals surface area contributed by atoms with E-state index in [4.69, 9.17) is 11.6 Å². The van der Waals surface area contributed by atoms with Crippen LogP contribution in [-0.4, -0.2) is 6.04 Å². The van der Waals surface area contributed by atoms with Gasteiger partial charge in [-0.2, -0.15) is 0 Å². The van der Waals surface area contributed by atoms with Gasteiger partial charge in [0.05, 0.1) is 12.1 Å². The number of nitrogens with zero attached hydrogens (tertiary/aromatic N) is 1. The van der Waals surface area contributed by atoms with Gasteiger partial charge in [0.2, 0.25) is 0 Å². The number of halogens is 1. The molecule has 2 aromatic rings. The minimum absolute atomic E-state index is 0.258. The van der Waals surface area contributed by atoms with E-state index in [9.17, 15) is 0 Å². The Morgan fingerprint density at radius 2 is 1.69 bits per heavy atom. The summed E-state index contributed by atoms with van der Waals surface area (Å²) < 4.78 is 0. The maximum atomic E-state index is 6.18. The zero-order valence-corrected chi connectivity index (χ0v) is 16.3. The SMILES string of the molecule is CC(C)=C1C2=CCCCCC2N(c2ccccc2)C1c1ccc(Cl)cc1. The number of para-hydroxylation sites is 1. The van der Waals surface area contributed by atoms with Crippen molar-refractivity contribution < 1.29 is 0 Å². The number of fused-ring (bicyclic) bond motifs is 1. The van der Waals surface area contributed by atoms with E-state index in [1.54, 1.807) is 5.57 Å². The molecule has 1 aliphatic heterocycles. The van der Waals surface area contributed by atoms with Crippen LogP contribution >= 0.6 is 11.6 Å². The zero-order chi connectivity index (χ0) is 18.1. The Hall–Kier alpha value is -1.99. The molecule has 2 heteroatoms. The molecule has 134 valence electrons. The minimum atomic E-state index is 0.258. The van der Waals surface area contributed by atoms with Crippen LogP contribution in [0.15, 0.2) is 77.4 Å². The number of anilines is 1. The minimum Gasteiger partial charge on any atom is -0.353 e. The Kier molecular flexibility index (Phi) is 4.91. The first-order valence-corrected chi connectivity index (χ1v) is 10.0. The van der Waals surface area contributed by atoms with Crippen LogP contribution in [0.25, 0.3) is 0 Å². The van der Waals surface area contributed by atoms with Crippen molar-refractivity contribution in [3.05, 3.63) is 88.0 Å². The third-order valence-electron chi connectivity index (χ3n) is 5.63. The number of hydrogen-bond donors (Lipinski definition) is 0. The van der Waals surface area contributed by atoms with Gasteiger partial charge in [0.15, 0.2) is 0 Å². The number of hydrogen-bond acceptors (Lipinski definition) is 1. The van der Waals surface area contributed by atoms with Crippen LogP contribution in [-0.2, 0) is 0 Å². The lowest BCUT2D eigenvalue weighted by Crippen LogP contribution is -2.32. The molecule has 1 aliphatic carbocycles. The number of benzene rings is 2. The topological polar surface area (TPSA) is 3.24 Å². The van der Waals surface area contributed by atoms with Crippen molar-refractivity contribution in [3.63, 3.8) is 0 Å². The Balaban J connectivity index is 1.92. The highest BCUT2D eigenvalue weighted by molar-refractivity contribution is 6.30. The lowest BCUT2D eigenvalue weighted by Gasteiger charge is -2.33. The molecule has 26 heavy (non-hydrogen) atoms. The molecule has 0 radical (unpaired) electrons. The summed E-state index contributed by atoms with van der Waals surface area (Å²) in [6.45, 7) is 4.52. The van der Waals surface area contributed by atoms with Crippen LogP contribution < -0.4 is 4.90 Å². The summed E-state index contributed by atoms with van der Waals surface area (Å²) in [4.78, 5) is 2.64. The molecule has 0 bridgehead atoms. The second-order valence-electron chi connectivity index (χ2n) is 7.57. The fourth-order valence-corrected chi connectivity index (χ4v) is 4.68.